The predicted molar refractivity (Wildman–Crippen MR) is 103 cm³/mol. The summed E-state index contributed by atoms with van der Waals surface area (Å²) in [4.78, 5) is 37.2. The molecule has 136 valence electrons. The van der Waals surface area contributed by atoms with Crippen molar-refractivity contribution in [1.29, 1.82) is 0 Å². The van der Waals surface area contributed by atoms with Gasteiger partial charge in [0.1, 0.15) is 5.75 Å². The molecule has 0 saturated carbocycles. The lowest BCUT2D eigenvalue weighted by molar-refractivity contribution is -0.384. The number of nitrogens with zero attached hydrogens (tertiary/aromatic N) is 1. The molecular formula is C19H14N2O5S. The number of carbonyl (C=O) groups is 1. The van der Waals surface area contributed by atoms with Crippen LogP contribution in [0.4, 0.5) is 5.69 Å². The monoisotopic (exact) mass is 382 g/mol. The second-order valence-electron chi connectivity index (χ2n) is 5.51. The number of thiazole rings is 1. The Hall–Kier alpha value is -3.52. The van der Waals surface area contributed by atoms with Crippen LogP contribution in [0.15, 0.2) is 53.3 Å². The lowest BCUT2D eigenvalue weighted by Gasteiger charge is -1.99. The molecule has 0 bridgehead atoms. The summed E-state index contributed by atoms with van der Waals surface area (Å²) in [6.45, 7) is 0. The number of methoxy groups -OCH3 is 1. The van der Waals surface area contributed by atoms with Crippen LogP contribution in [0.25, 0.3) is 12.2 Å². The Kier molecular flexibility index (Phi) is 5.28. The van der Waals surface area contributed by atoms with E-state index in [4.69, 9.17) is 4.74 Å². The number of rotatable bonds is 5. The number of aromatic amines is 1. The van der Waals surface area contributed by atoms with Crippen LogP contribution in [0.2, 0.25) is 0 Å². The Morgan fingerprint density at radius 2 is 1.81 bits per heavy atom. The quantitative estimate of drug-likeness (QED) is 0.412. The Morgan fingerprint density at radius 3 is 2.41 bits per heavy atom. The fraction of sp³-hybridized carbons (Fsp3) is 0.0526. The number of ketones is 1. The molecule has 0 saturated heterocycles. The highest BCUT2D eigenvalue weighted by molar-refractivity contribution is 7.07. The molecular weight excluding hydrogens is 368 g/mol. The van der Waals surface area contributed by atoms with Crippen LogP contribution in [-0.2, 0) is 0 Å². The van der Waals surface area contributed by atoms with Crippen molar-refractivity contribution in [2.45, 2.75) is 0 Å². The number of non-ortho nitro benzene ring substituents is 1. The minimum absolute atomic E-state index is 0.0219. The van der Waals surface area contributed by atoms with Crippen LogP contribution >= 0.6 is 11.3 Å². The smallest absolute Gasteiger partial charge is 0.269 e. The normalized spacial score (nSPS) is 12.2. The molecule has 7 nitrogen and oxygen atoms in total. The standard InChI is InChI=1S/C19H14N2O5S/c1-26-15-8-4-13(5-9-15)16(22)11-18-20-19(23)17(27-18)10-12-2-6-14(7-3-12)21(24)25/h2-11H,1H3,(H,20,23). The molecule has 0 fully saturated rings. The van der Waals surface area contributed by atoms with Crippen molar-refractivity contribution >= 4 is 35.0 Å². The van der Waals surface area contributed by atoms with E-state index in [9.17, 15) is 19.7 Å². The van der Waals surface area contributed by atoms with E-state index in [1.54, 1.807) is 49.6 Å². The number of hydrogen-bond acceptors (Lipinski definition) is 6. The molecule has 1 heterocycles. The van der Waals surface area contributed by atoms with E-state index in [2.05, 4.69) is 4.98 Å². The highest BCUT2D eigenvalue weighted by Crippen LogP contribution is 2.13. The zero-order valence-electron chi connectivity index (χ0n) is 14.2. The molecule has 1 N–H and O–H groups in total. The summed E-state index contributed by atoms with van der Waals surface area (Å²) in [6.07, 6.45) is 2.98. The van der Waals surface area contributed by atoms with Gasteiger partial charge in [0.25, 0.3) is 11.2 Å². The molecule has 3 rings (SSSR count). The number of hydrogen-bond donors (Lipinski definition) is 1. The van der Waals surface area contributed by atoms with Crippen molar-refractivity contribution in [3.05, 3.63) is 89.3 Å². The molecule has 8 heteroatoms. The summed E-state index contributed by atoms with van der Waals surface area (Å²) in [5.74, 6) is 0.410. The molecule has 2 aromatic carbocycles. The van der Waals surface area contributed by atoms with Gasteiger partial charge in [0, 0.05) is 23.8 Å². The predicted octanol–water partition coefficient (Wildman–Crippen LogP) is 1.85. The number of nitro benzene ring substituents is 1. The zero-order chi connectivity index (χ0) is 19.4. The molecule has 0 amide bonds. The van der Waals surface area contributed by atoms with Gasteiger partial charge < -0.3 is 9.72 Å². The number of aromatic nitrogens is 1. The lowest BCUT2D eigenvalue weighted by atomic mass is 10.1. The Labute approximate surface area is 157 Å². The number of ether oxygens (including phenoxy) is 1. The summed E-state index contributed by atoms with van der Waals surface area (Å²) in [7, 11) is 1.54. The summed E-state index contributed by atoms with van der Waals surface area (Å²) in [6, 6.07) is 12.5. The van der Waals surface area contributed by atoms with Crippen LogP contribution in [0.5, 0.6) is 5.75 Å². The second kappa shape index (κ2) is 7.79. The maximum absolute atomic E-state index is 12.3. The van der Waals surface area contributed by atoms with Crippen molar-refractivity contribution in [2.75, 3.05) is 7.11 Å². The van der Waals surface area contributed by atoms with Gasteiger partial charge in [0.2, 0.25) is 0 Å². The minimum Gasteiger partial charge on any atom is -0.497 e. The molecule has 27 heavy (non-hydrogen) atoms. The SMILES string of the molecule is COc1ccc(C(=O)C=c2[nH]c(=O)c(=Cc3ccc([N+](=O)[O-])cc3)s2)cc1. The Balaban J connectivity index is 1.90. The van der Waals surface area contributed by atoms with E-state index in [0.717, 1.165) is 11.3 Å². The van der Waals surface area contributed by atoms with Gasteiger partial charge in [-0.1, -0.05) is 0 Å². The fourth-order valence-corrected chi connectivity index (χ4v) is 3.21. The first-order valence-electron chi connectivity index (χ1n) is 7.82. The summed E-state index contributed by atoms with van der Waals surface area (Å²) in [5, 5.41) is 10.7. The summed E-state index contributed by atoms with van der Waals surface area (Å²) >= 11 is 1.14. The molecule has 0 radical (unpaired) electrons. The van der Waals surface area contributed by atoms with Crippen LogP contribution < -0.4 is 19.5 Å². The fourth-order valence-electron chi connectivity index (χ4n) is 2.33. The third-order valence-corrected chi connectivity index (χ3v) is 4.68. The first kappa shape index (κ1) is 18.3. The van der Waals surface area contributed by atoms with E-state index >= 15 is 0 Å². The van der Waals surface area contributed by atoms with E-state index in [1.165, 1.54) is 18.2 Å². The van der Waals surface area contributed by atoms with Crippen molar-refractivity contribution in [3.63, 3.8) is 0 Å². The molecule has 0 aliphatic rings. The highest BCUT2D eigenvalue weighted by atomic mass is 32.1. The van der Waals surface area contributed by atoms with Gasteiger partial charge in [-0.3, -0.25) is 19.7 Å². The van der Waals surface area contributed by atoms with Crippen molar-refractivity contribution in [1.82, 2.24) is 4.98 Å². The van der Waals surface area contributed by atoms with E-state index < -0.39 is 4.92 Å². The number of benzene rings is 2. The largest absolute Gasteiger partial charge is 0.497 e. The van der Waals surface area contributed by atoms with Gasteiger partial charge in [-0.2, -0.15) is 0 Å². The average molecular weight is 382 g/mol. The second-order valence-corrected chi connectivity index (χ2v) is 6.60. The average Bonchev–Trinajstić information content (AvgIpc) is 3.01. The summed E-state index contributed by atoms with van der Waals surface area (Å²) < 4.78 is 5.88. The molecule has 1 aromatic heterocycles. The van der Waals surface area contributed by atoms with E-state index in [-0.39, 0.29) is 17.0 Å². The maximum atomic E-state index is 12.3. The lowest BCUT2D eigenvalue weighted by Crippen LogP contribution is -2.20. The number of nitrogens with one attached hydrogen (secondary N) is 1. The third-order valence-electron chi connectivity index (χ3n) is 3.72. The van der Waals surface area contributed by atoms with Crippen LogP contribution in [0, 0.1) is 10.1 Å². The summed E-state index contributed by atoms with van der Waals surface area (Å²) in [5.41, 5.74) is 0.783. The first-order valence-corrected chi connectivity index (χ1v) is 8.63. The van der Waals surface area contributed by atoms with E-state index in [1.807, 2.05) is 0 Å². The maximum Gasteiger partial charge on any atom is 0.269 e. The minimum atomic E-state index is -0.487. The number of Topliss-reactive ketones (excluding diaryl/α,β-unsaturated/α-hetero) is 1. The number of carbonyl (C=O) groups excluding carboxylic acids is 1. The van der Waals surface area contributed by atoms with Crippen LogP contribution in [0.3, 0.4) is 0 Å². The first-order chi connectivity index (χ1) is 13.0. The molecule has 0 aliphatic carbocycles. The zero-order valence-corrected chi connectivity index (χ0v) is 15.0. The van der Waals surface area contributed by atoms with Crippen molar-refractivity contribution in [3.8, 4) is 5.75 Å². The van der Waals surface area contributed by atoms with Gasteiger partial charge in [-0.25, -0.2) is 0 Å². The van der Waals surface area contributed by atoms with Gasteiger partial charge in [-0.15, -0.1) is 11.3 Å². The van der Waals surface area contributed by atoms with Gasteiger partial charge in [0.15, 0.2) is 5.78 Å². The van der Waals surface area contributed by atoms with Gasteiger partial charge in [-0.05, 0) is 48.0 Å². The molecule has 0 unspecified atom stereocenters. The van der Waals surface area contributed by atoms with Gasteiger partial charge >= 0.3 is 0 Å². The Bertz CT molecular complexity index is 1160. The van der Waals surface area contributed by atoms with Crippen LogP contribution in [0.1, 0.15) is 15.9 Å². The molecule has 0 atom stereocenters. The van der Waals surface area contributed by atoms with Crippen molar-refractivity contribution in [2.24, 2.45) is 0 Å². The molecule has 3 aromatic rings. The number of nitro groups is 1. The van der Waals surface area contributed by atoms with Crippen LogP contribution in [-0.4, -0.2) is 22.8 Å². The molecule has 0 spiro atoms. The highest BCUT2D eigenvalue weighted by Gasteiger charge is 2.05. The third kappa shape index (κ3) is 4.36. The molecule has 0 aliphatic heterocycles. The van der Waals surface area contributed by atoms with Crippen molar-refractivity contribution < 1.29 is 14.5 Å². The van der Waals surface area contributed by atoms with Gasteiger partial charge in [0.05, 0.1) is 21.2 Å². The topological polar surface area (TPSA) is 102 Å². The number of H-pyrrole nitrogens is 1. The Morgan fingerprint density at radius 1 is 1.15 bits per heavy atom. The van der Waals surface area contributed by atoms with E-state index in [0.29, 0.717) is 26.1 Å².